The van der Waals surface area contributed by atoms with Crippen LogP contribution >= 0.6 is 11.6 Å². The third-order valence-corrected chi connectivity index (χ3v) is 4.75. The van der Waals surface area contributed by atoms with Gasteiger partial charge in [-0.15, -0.1) is 0 Å². The summed E-state index contributed by atoms with van der Waals surface area (Å²) < 4.78 is 12.5. The van der Waals surface area contributed by atoms with E-state index >= 15 is 0 Å². The molecule has 4 aromatic rings. The normalized spacial score (nSPS) is 11.0. The first kappa shape index (κ1) is 17.4. The molecule has 0 N–H and O–H groups in total. The molecule has 27 heavy (non-hydrogen) atoms. The Labute approximate surface area is 162 Å². The highest BCUT2D eigenvalue weighted by Gasteiger charge is 2.14. The van der Waals surface area contributed by atoms with Crippen LogP contribution < -0.4 is 9.47 Å². The minimum atomic E-state index is 0.668. The number of hydrogen-bond donors (Lipinski definition) is 0. The van der Waals surface area contributed by atoms with E-state index in [1.54, 1.807) is 18.7 Å². The maximum Gasteiger partial charge on any atom is 0.163 e. The quantitative estimate of drug-likeness (QED) is 0.498. The molecule has 0 saturated heterocycles. The minimum Gasteiger partial charge on any atom is -0.493 e. The Balaban J connectivity index is 1.84. The van der Waals surface area contributed by atoms with Gasteiger partial charge < -0.3 is 9.47 Å². The van der Waals surface area contributed by atoms with Gasteiger partial charge in [0.2, 0.25) is 0 Å². The molecule has 136 valence electrons. The van der Waals surface area contributed by atoms with Crippen LogP contribution in [0.2, 0.25) is 5.02 Å². The molecule has 0 atom stereocenters. The van der Waals surface area contributed by atoms with Crippen molar-refractivity contribution in [2.75, 3.05) is 14.2 Å². The Kier molecular flexibility index (Phi) is 4.46. The Morgan fingerprint density at radius 2 is 1.70 bits per heavy atom. The predicted molar refractivity (Wildman–Crippen MR) is 107 cm³/mol. The zero-order chi connectivity index (χ0) is 19.0. The molecule has 0 bridgehead atoms. The van der Waals surface area contributed by atoms with Crippen LogP contribution in [0, 0.1) is 6.92 Å². The van der Waals surface area contributed by atoms with Crippen LogP contribution in [0.15, 0.2) is 54.9 Å². The number of rotatable bonds is 4. The summed E-state index contributed by atoms with van der Waals surface area (Å²) in [5.74, 6) is 1.35. The van der Waals surface area contributed by atoms with Crippen molar-refractivity contribution in [3.63, 3.8) is 0 Å². The molecule has 0 aliphatic carbocycles. The van der Waals surface area contributed by atoms with Crippen molar-refractivity contribution in [1.82, 2.24) is 14.6 Å². The van der Waals surface area contributed by atoms with Crippen molar-refractivity contribution in [2.45, 2.75) is 6.92 Å². The van der Waals surface area contributed by atoms with E-state index in [1.165, 1.54) is 0 Å². The highest BCUT2D eigenvalue weighted by atomic mass is 35.5. The van der Waals surface area contributed by atoms with Gasteiger partial charge in [-0.2, -0.15) is 5.10 Å². The molecule has 0 unspecified atom stereocenters. The highest BCUT2D eigenvalue weighted by Crippen LogP contribution is 2.34. The molecular weight excluding hydrogens is 362 g/mol. The molecule has 0 radical (unpaired) electrons. The van der Waals surface area contributed by atoms with Crippen molar-refractivity contribution in [1.29, 1.82) is 0 Å². The fraction of sp³-hybridized carbons (Fsp3) is 0.143. The number of fused-ring (bicyclic) bond motifs is 1. The van der Waals surface area contributed by atoms with Gasteiger partial charge in [0, 0.05) is 28.0 Å². The van der Waals surface area contributed by atoms with E-state index in [1.807, 2.05) is 61.8 Å². The fourth-order valence-electron chi connectivity index (χ4n) is 3.14. The third-order valence-electron chi connectivity index (χ3n) is 4.51. The Morgan fingerprint density at radius 3 is 2.44 bits per heavy atom. The smallest absolute Gasteiger partial charge is 0.163 e. The van der Waals surface area contributed by atoms with Gasteiger partial charge in [-0.05, 0) is 42.3 Å². The van der Waals surface area contributed by atoms with Crippen LogP contribution in [0.1, 0.15) is 5.69 Å². The number of ether oxygens (including phenoxy) is 2. The summed E-state index contributed by atoms with van der Waals surface area (Å²) in [6.45, 7) is 1.99. The lowest BCUT2D eigenvalue weighted by Crippen LogP contribution is -1.97. The molecule has 0 aliphatic rings. The van der Waals surface area contributed by atoms with E-state index in [2.05, 4.69) is 5.10 Å². The van der Waals surface area contributed by atoms with Crippen LogP contribution in [0.3, 0.4) is 0 Å². The number of hydrogen-bond acceptors (Lipinski definition) is 4. The van der Waals surface area contributed by atoms with E-state index in [-0.39, 0.29) is 0 Å². The summed E-state index contributed by atoms with van der Waals surface area (Å²) >= 11 is 6.14. The first-order valence-electron chi connectivity index (χ1n) is 8.44. The average molecular weight is 380 g/mol. The minimum absolute atomic E-state index is 0.668. The second-order valence-corrected chi connectivity index (χ2v) is 6.58. The summed E-state index contributed by atoms with van der Waals surface area (Å²) in [5, 5.41) is 5.18. The van der Waals surface area contributed by atoms with Gasteiger partial charge in [-0.25, -0.2) is 9.50 Å². The Morgan fingerprint density at radius 1 is 0.926 bits per heavy atom. The first-order valence-corrected chi connectivity index (χ1v) is 8.82. The van der Waals surface area contributed by atoms with Crippen molar-refractivity contribution in [2.24, 2.45) is 0 Å². The summed E-state index contributed by atoms with van der Waals surface area (Å²) in [4.78, 5) is 4.80. The van der Waals surface area contributed by atoms with E-state index in [0.717, 1.165) is 33.6 Å². The van der Waals surface area contributed by atoms with Crippen LogP contribution in [0.5, 0.6) is 11.5 Å². The predicted octanol–water partition coefficient (Wildman–Crippen LogP) is 5.04. The standard InChI is InChI=1S/C21H18ClN3O2/c1-13-18(14-5-4-6-16(22)9-14)12-25-21(24-13)17(11-23-25)15-7-8-19(26-2)20(10-15)27-3/h4-12H,1-3H3. The number of aromatic nitrogens is 3. The summed E-state index contributed by atoms with van der Waals surface area (Å²) in [6.07, 6.45) is 3.79. The van der Waals surface area contributed by atoms with E-state index in [0.29, 0.717) is 16.5 Å². The molecule has 0 spiro atoms. The molecule has 2 heterocycles. The SMILES string of the molecule is COc1ccc(-c2cnn3cc(-c4cccc(Cl)c4)c(C)nc23)cc1OC. The van der Waals surface area contributed by atoms with E-state index in [4.69, 9.17) is 26.1 Å². The number of benzene rings is 2. The van der Waals surface area contributed by atoms with Gasteiger partial charge in [0.15, 0.2) is 17.1 Å². The lowest BCUT2D eigenvalue weighted by Gasteiger charge is -2.10. The van der Waals surface area contributed by atoms with Crippen molar-refractivity contribution >= 4 is 17.2 Å². The van der Waals surface area contributed by atoms with Gasteiger partial charge in [0.05, 0.1) is 20.4 Å². The number of aryl methyl sites for hydroxylation is 1. The zero-order valence-electron chi connectivity index (χ0n) is 15.2. The molecule has 5 nitrogen and oxygen atoms in total. The molecular formula is C21H18ClN3O2. The molecule has 4 rings (SSSR count). The fourth-order valence-corrected chi connectivity index (χ4v) is 3.33. The van der Waals surface area contributed by atoms with E-state index < -0.39 is 0 Å². The van der Waals surface area contributed by atoms with Crippen LogP contribution in [-0.2, 0) is 0 Å². The summed E-state index contributed by atoms with van der Waals surface area (Å²) in [7, 11) is 3.24. The average Bonchev–Trinajstić information content (AvgIpc) is 3.09. The highest BCUT2D eigenvalue weighted by molar-refractivity contribution is 6.30. The van der Waals surface area contributed by atoms with Crippen molar-refractivity contribution < 1.29 is 9.47 Å². The molecule has 2 aromatic carbocycles. The van der Waals surface area contributed by atoms with Crippen LogP contribution in [0.4, 0.5) is 0 Å². The maximum absolute atomic E-state index is 6.14. The number of halogens is 1. The molecule has 0 fully saturated rings. The first-order chi connectivity index (χ1) is 13.1. The van der Waals surface area contributed by atoms with Crippen LogP contribution in [-0.4, -0.2) is 28.8 Å². The van der Waals surface area contributed by atoms with Crippen molar-refractivity contribution in [3.05, 3.63) is 65.6 Å². The van der Waals surface area contributed by atoms with Crippen LogP contribution in [0.25, 0.3) is 27.9 Å². The Bertz CT molecular complexity index is 1140. The van der Waals surface area contributed by atoms with Gasteiger partial charge >= 0.3 is 0 Å². The zero-order valence-corrected chi connectivity index (χ0v) is 16.0. The van der Waals surface area contributed by atoms with Gasteiger partial charge in [0.1, 0.15) is 0 Å². The monoisotopic (exact) mass is 379 g/mol. The lowest BCUT2D eigenvalue weighted by atomic mass is 10.1. The van der Waals surface area contributed by atoms with Crippen molar-refractivity contribution in [3.8, 4) is 33.8 Å². The lowest BCUT2D eigenvalue weighted by molar-refractivity contribution is 0.355. The second-order valence-electron chi connectivity index (χ2n) is 6.15. The molecule has 0 amide bonds. The topological polar surface area (TPSA) is 48.7 Å². The van der Waals surface area contributed by atoms with Gasteiger partial charge in [-0.1, -0.05) is 29.8 Å². The number of nitrogens with zero attached hydrogens (tertiary/aromatic N) is 3. The third kappa shape index (κ3) is 3.11. The van der Waals surface area contributed by atoms with E-state index in [9.17, 15) is 0 Å². The maximum atomic E-state index is 6.14. The summed E-state index contributed by atoms with van der Waals surface area (Å²) in [5.41, 5.74) is 5.59. The molecule has 0 aliphatic heterocycles. The second kappa shape index (κ2) is 6.93. The Hall–Kier alpha value is -3.05. The molecule has 6 heteroatoms. The molecule has 0 saturated carbocycles. The summed E-state index contributed by atoms with van der Waals surface area (Å²) in [6, 6.07) is 13.5. The largest absolute Gasteiger partial charge is 0.493 e. The van der Waals surface area contributed by atoms with Gasteiger partial charge in [-0.3, -0.25) is 0 Å². The number of methoxy groups -OCH3 is 2. The van der Waals surface area contributed by atoms with Gasteiger partial charge in [0.25, 0.3) is 0 Å². The molecule has 2 aromatic heterocycles.